The zero-order valence-electron chi connectivity index (χ0n) is 10.6. The van der Waals surface area contributed by atoms with Crippen molar-refractivity contribution in [1.29, 1.82) is 0 Å². The van der Waals surface area contributed by atoms with Gasteiger partial charge in [-0.15, -0.1) is 0 Å². The fraction of sp³-hybridized carbons (Fsp3) is 0.0714. The molecule has 0 amide bonds. The molecular weight excluding hydrogens is 280 g/mol. The van der Waals surface area contributed by atoms with Gasteiger partial charge in [0.05, 0.1) is 12.0 Å². The van der Waals surface area contributed by atoms with Crippen LogP contribution >= 0.6 is 0 Å². The molecule has 7 nitrogen and oxygen atoms in total. The Balaban J connectivity index is 0.000000211. The highest BCUT2D eigenvalue weighted by atomic mass is 16.6. The first-order valence-corrected chi connectivity index (χ1v) is 5.67. The molecule has 7 heteroatoms. The third-order valence-electron chi connectivity index (χ3n) is 2.25. The Hall–Kier alpha value is -3.09. The standard InChI is InChI=1S/C8H6O2.C6H4O5/c9-6-8(10)7-4-2-1-3-5-7;7-4(8)1-3-2-5(9)11-6(3)10/h1-6H;2H,1H2,(H,7,8). The van der Waals surface area contributed by atoms with E-state index >= 15 is 0 Å². The van der Waals surface area contributed by atoms with Gasteiger partial charge in [-0.25, -0.2) is 9.59 Å². The van der Waals surface area contributed by atoms with Crippen LogP contribution in [0.3, 0.4) is 0 Å². The molecule has 0 saturated carbocycles. The molecule has 0 saturated heterocycles. The number of carbonyl (C=O) groups is 5. The number of hydrogen-bond acceptors (Lipinski definition) is 6. The molecule has 1 aliphatic rings. The molecule has 0 atom stereocenters. The van der Waals surface area contributed by atoms with Crippen LogP contribution in [0.2, 0.25) is 0 Å². The number of benzene rings is 1. The van der Waals surface area contributed by atoms with E-state index in [-0.39, 0.29) is 5.57 Å². The van der Waals surface area contributed by atoms with Crippen LogP contribution < -0.4 is 0 Å². The highest BCUT2D eigenvalue weighted by Gasteiger charge is 2.24. The van der Waals surface area contributed by atoms with Crippen LogP contribution in [-0.4, -0.2) is 35.1 Å². The molecule has 0 fully saturated rings. The summed E-state index contributed by atoms with van der Waals surface area (Å²) in [7, 11) is 0. The summed E-state index contributed by atoms with van der Waals surface area (Å²) in [4.78, 5) is 51.5. The lowest BCUT2D eigenvalue weighted by Crippen LogP contribution is -2.05. The normalized spacial score (nSPS) is 12.7. The largest absolute Gasteiger partial charge is 0.481 e. The van der Waals surface area contributed by atoms with E-state index in [1.165, 1.54) is 0 Å². The average Bonchev–Trinajstić information content (AvgIpc) is 2.77. The van der Waals surface area contributed by atoms with E-state index in [4.69, 9.17) is 5.11 Å². The minimum absolute atomic E-state index is 0.109. The van der Waals surface area contributed by atoms with Gasteiger partial charge in [0.15, 0.2) is 6.29 Å². The highest BCUT2D eigenvalue weighted by molar-refractivity contribution is 6.33. The third-order valence-corrected chi connectivity index (χ3v) is 2.25. The van der Waals surface area contributed by atoms with Gasteiger partial charge in [0.1, 0.15) is 0 Å². The summed E-state index contributed by atoms with van der Waals surface area (Å²) in [5.74, 6) is -3.30. The van der Waals surface area contributed by atoms with Gasteiger partial charge < -0.3 is 9.84 Å². The lowest BCUT2D eigenvalue weighted by atomic mass is 10.1. The van der Waals surface area contributed by atoms with Crippen LogP contribution in [0.15, 0.2) is 42.0 Å². The van der Waals surface area contributed by atoms with Crippen LogP contribution in [0, 0.1) is 0 Å². The van der Waals surface area contributed by atoms with E-state index in [2.05, 4.69) is 4.74 Å². The third kappa shape index (κ3) is 5.19. The summed E-state index contributed by atoms with van der Waals surface area (Å²) < 4.78 is 4.04. The molecule has 0 unspecified atom stereocenters. The number of Topliss-reactive ketones (excluding diaryl/α,β-unsaturated/α-hetero) is 1. The lowest BCUT2D eigenvalue weighted by Gasteiger charge is -1.90. The number of hydrogen-bond donors (Lipinski definition) is 1. The number of aliphatic carboxylic acids is 1. The molecule has 0 aliphatic carbocycles. The smallest absolute Gasteiger partial charge is 0.342 e. The van der Waals surface area contributed by atoms with Crippen molar-refractivity contribution in [3.63, 3.8) is 0 Å². The van der Waals surface area contributed by atoms with Gasteiger partial charge in [0.25, 0.3) is 0 Å². The van der Waals surface area contributed by atoms with Crippen molar-refractivity contribution in [2.45, 2.75) is 6.42 Å². The molecule has 0 radical (unpaired) electrons. The van der Waals surface area contributed by atoms with Crippen molar-refractivity contribution in [3.8, 4) is 0 Å². The summed E-state index contributed by atoms with van der Waals surface area (Å²) in [6.07, 6.45) is 0.732. The Morgan fingerprint density at radius 2 is 1.76 bits per heavy atom. The van der Waals surface area contributed by atoms with Gasteiger partial charge in [-0.05, 0) is 0 Å². The molecule has 108 valence electrons. The number of carboxylic acid groups (broad SMARTS) is 1. The van der Waals surface area contributed by atoms with Crippen molar-refractivity contribution >= 4 is 30.0 Å². The van der Waals surface area contributed by atoms with Gasteiger partial charge in [-0.2, -0.15) is 0 Å². The second-order valence-corrected chi connectivity index (χ2v) is 3.80. The van der Waals surface area contributed by atoms with Crippen LogP contribution in [-0.2, 0) is 23.9 Å². The maximum atomic E-state index is 10.6. The lowest BCUT2D eigenvalue weighted by molar-refractivity contribution is -0.151. The second-order valence-electron chi connectivity index (χ2n) is 3.80. The fourth-order valence-electron chi connectivity index (χ4n) is 1.34. The van der Waals surface area contributed by atoms with Crippen molar-refractivity contribution in [2.24, 2.45) is 0 Å². The van der Waals surface area contributed by atoms with Crippen LogP contribution in [0.5, 0.6) is 0 Å². The molecule has 0 spiro atoms. The SMILES string of the molecule is O=C(O)CC1=CC(=O)OC1=O.O=CC(=O)c1ccccc1. The van der Waals surface area contributed by atoms with Gasteiger partial charge in [-0.1, -0.05) is 30.3 Å². The highest BCUT2D eigenvalue weighted by Crippen LogP contribution is 2.11. The number of rotatable bonds is 4. The molecule has 0 aromatic heterocycles. The summed E-state index contributed by atoms with van der Waals surface area (Å²) in [6, 6.07) is 8.45. The van der Waals surface area contributed by atoms with Gasteiger partial charge in [0.2, 0.25) is 5.78 Å². The van der Waals surface area contributed by atoms with E-state index in [0.717, 1.165) is 6.08 Å². The van der Waals surface area contributed by atoms with Crippen molar-refractivity contribution in [2.75, 3.05) is 0 Å². The average molecular weight is 290 g/mol. The summed E-state index contributed by atoms with van der Waals surface area (Å²) in [5, 5.41) is 8.22. The number of carboxylic acids is 1. The van der Waals surface area contributed by atoms with E-state index < -0.39 is 30.1 Å². The van der Waals surface area contributed by atoms with Gasteiger partial charge >= 0.3 is 17.9 Å². The molecule has 0 bridgehead atoms. The number of aldehydes is 1. The topological polar surface area (TPSA) is 115 Å². The predicted octanol–water partition coefficient (Wildman–Crippen LogP) is 0.539. The van der Waals surface area contributed by atoms with Crippen LogP contribution in [0.1, 0.15) is 16.8 Å². The quantitative estimate of drug-likeness (QED) is 0.283. The van der Waals surface area contributed by atoms with Gasteiger partial charge in [-0.3, -0.25) is 14.4 Å². The summed E-state index contributed by atoms with van der Waals surface area (Å²) in [5.41, 5.74) is 0.333. The number of cyclic esters (lactones) is 2. The molecule has 1 N–H and O–H groups in total. The number of ketones is 1. The van der Waals surface area contributed by atoms with E-state index in [1.807, 2.05) is 0 Å². The molecule has 2 rings (SSSR count). The minimum Gasteiger partial charge on any atom is -0.481 e. The summed E-state index contributed by atoms with van der Waals surface area (Å²) in [6.45, 7) is 0. The monoisotopic (exact) mass is 290 g/mol. The van der Waals surface area contributed by atoms with E-state index in [0.29, 0.717) is 11.8 Å². The second kappa shape index (κ2) is 7.49. The van der Waals surface area contributed by atoms with Crippen molar-refractivity contribution in [1.82, 2.24) is 0 Å². The Morgan fingerprint density at radius 3 is 2.19 bits per heavy atom. The van der Waals surface area contributed by atoms with Crippen molar-refractivity contribution in [3.05, 3.63) is 47.5 Å². The number of ether oxygens (including phenoxy) is 1. The van der Waals surface area contributed by atoms with E-state index in [1.54, 1.807) is 30.3 Å². The Kier molecular flexibility index (Phi) is 5.69. The van der Waals surface area contributed by atoms with Crippen LogP contribution in [0.25, 0.3) is 0 Å². The first-order valence-electron chi connectivity index (χ1n) is 5.67. The molecule has 1 aromatic rings. The molecular formula is C14H10O7. The molecule has 1 aliphatic heterocycles. The molecule has 1 heterocycles. The zero-order chi connectivity index (χ0) is 15.8. The maximum Gasteiger partial charge on any atom is 0.342 e. The minimum atomic E-state index is -1.16. The first-order chi connectivity index (χ1) is 9.93. The Labute approximate surface area is 118 Å². The molecule has 21 heavy (non-hydrogen) atoms. The Bertz CT molecular complexity index is 613. The zero-order valence-corrected chi connectivity index (χ0v) is 10.6. The predicted molar refractivity (Wildman–Crippen MR) is 68.3 cm³/mol. The number of carbonyl (C=O) groups excluding carboxylic acids is 4. The van der Waals surface area contributed by atoms with Crippen LogP contribution in [0.4, 0.5) is 0 Å². The summed E-state index contributed by atoms with van der Waals surface area (Å²) >= 11 is 0. The number of esters is 2. The maximum absolute atomic E-state index is 10.6. The fourth-order valence-corrected chi connectivity index (χ4v) is 1.34. The Morgan fingerprint density at radius 1 is 1.14 bits per heavy atom. The van der Waals surface area contributed by atoms with Crippen molar-refractivity contribution < 1.29 is 33.8 Å². The molecule has 1 aromatic carbocycles. The van der Waals surface area contributed by atoms with E-state index in [9.17, 15) is 24.0 Å². The first kappa shape index (κ1) is 16.0. The van der Waals surface area contributed by atoms with Gasteiger partial charge in [0, 0.05) is 11.6 Å².